The Morgan fingerprint density at radius 2 is 0.961 bits per heavy atom. The van der Waals surface area contributed by atoms with E-state index >= 15 is 0 Å². The highest BCUT2D eigenvalue weighted by Crippen LogP contribution is 2.44. The molecular weight excluding hydrogens is 639 g/mol. The standard InChI is InChI=1S/C47H27N3S/c1-2-10-28(11-3-1)39-25-20-29-18-19-30-21-26-40(49-45(30)44(29)48-39)33-22-23-37(32-13-5-4-12-31(32)33)46-36-16-7-6-15-35(36)43-41(50-46)27-24-38-34-14-8-9-17-42(34)51-47(38)43/h1-27H. The van der Waals surface area contributed by atoms with Crippen LogP contribution in [0.25, 0.3) is 108 Å². The van der Waals surface area contributed by atoms with Gasteiger partial charge in [0.15, 0.2) is 0 Å². The van der Waals surface area contributed by atoms with Gasteiger partial charge in [-0.25, -0.2) is 15.0 Å². The van der Waals surface area contributed by atoms with E-state index in [0.29, 0.717) is 0 Å². The van der Waals surface area contributed by atoms with Crippen molar-refractivity contribution in [1.82, 2.24) is 15.0 Å². The molecule has 4 heterocycles. The fraction of sp³-hybridized carbons (Fsp3) is 0. The van der Waals surface area contributed by atoms with Gasteiger partial charge in [0, 0.05) is 58.4 Å². The number of aromatic nitrogens is 3. The summed E-state index contributed by atoms with van der Waals surface area (Å²) in [5.74, 6) is 0. The average molecular weight is 666 g/mol. The molecule has 0 saturated carbocycles. The summed E-state index contributed by atoms with van der Waals surface area (Å²) in [5.41, 5.74) is 9.00. The highest BCUT2D eigenvalue weighted by molar-refractivity contribution is 7.26. The first-order valence-electron chi connectivity index (χ1n) is 17.2. The summed E-state index contributed by atoms with van der Waals surface area (Å²) in [7, 11) is 0. The summed E-state index contributed by atoms with van der Waals surface area (Å²) < 4.78 is 2.60. The maximum absolute atomic E-state index is 5.44. The normalized spacial score (nSPS) is 11.9. The molecule has 11 aromatic rings. The van der Waals surface area contributed by atoms with E-state index in [1.54, 1.807) is 0 Å². The second-order valence-electron chi connectivity index (χ2n) is 13.1. The molecule has 0 N–H and O–H groups in total. The average Bonchev–Trinajstić information content (AvgIpc) is 3.59. The van der Waals surface area contributed by atoms with E-state index in [9.17, 15) is 0 Å². The monoisotopic (exact) mass is 665 g/mol. The highest BCUT2D eigenvalue weighted by Gasteiger charge is 2.18. The minimum Gasteiger partial charge on any atom is -0.247 e. The molecule has 0 unspecified atom stereocenters. The van der Waals surface area contributed by atoms with Gasteiger partial charge in [0.1, 0.15) is 0 Å². The van der Waals surface area contributed by atoms with Gasteiger partial charge in [0.05, 0.1) is 33.6 Å². The molecule has 0 aliphatic heterocycles. The Kier molecular flexibility index (Phi) is 6.12. The Balaban J connectivity index is 1.12. The lowest BCUT2D eigenvalue weighted by Gasteiger charge is -2.15. The van der Waals surface area contributed by atoms with Crippen LogP contribution in [0.1, 0.15) is 0 Å². The maximum Gasteiger partial charge on any atom is 0.0972 e. The number of hydrogen-bond donors (Lipinski definition) is 0. The molecule has 0 spiro atoms. The predicted octanol–water partition coefficient (Wildman–Crippen LogP) is 13.0. The van der Waals surface area contributed by atoms with Gasteiger partial charge in [-0.3, -0.25) is 0 Å². The number of nitrogens with zero attached hydrogens (tertiary/aromatic N) is 3. The zero-order valence-corrected chi connectivity index (χ0v) is 28.2. The molecule has 236 valence electrons. The number of hydrogen-bond acceptors (Lipinski definition) is 4. The van der Waals surface area contributed by atoms with Gasteiger partial charge in [-0.2, -0.15) is 0 Å². The van der Waals surface area contributed by atoms with E-state index in [0.717, 1.165) is 77.3 Å². The van der Waals surface area contributed by atoms with Gasteiger partial charge in [-0.15, -0.1) is 11.3 Å². The van der Waals surface area contributed by atoms with Gasteiger partial charge in [0.2, 0.25) is 0 Å². The summed E-state index contributed by atoms with van der Waals surface area (Å²) >= 11 is 1.86. The van der Waals surface area contributed by atoms with Crippen LogP contribution in [0.4, 0.5) is 0 Å². The van der Waals surface area contributed by atoms with Crippen molar-refractivity contribution in [1.29, 1.82) is 0 Å². The fourth-order valence-electron chi connectivity index (χ4n) is 7.84. The smallest absolute Gasteiger partial charge is 0.0972 e. The minimum atomic E-state index is 0.908. The van der Waals surface area contributed by atoms with E-state index in [2.05, 4.69) is 158 Å². The van der Waals surface area contributed by atoms with Crippen LogP contribution in [0, 0.1) is 0 Å². The minimum absolute atomic E-state index is 0.908. The van der Waals surface area contributed by atoms with Crippen molar-refractivity contribution in [3.63, 3.8) is 0 Å². The molecule has 0 aliphatic carbocycles. The first kappa shape index (κ1) is 28.4. The Bertz CT molecular complexity index is 3200. The number of rotatable bonds is 3. The summed E-state index contributed by atoms with van der Waals surface area (Å²) in [4.78, 5) is 15.9. The Labute approximate surface area is 297 Å². The Morgan fingerprint density at radius 3 is 1.75 bits per heavy atom. The quantitative estimate of drug-likeness (QED) is 0.176. The molecule has 0 atom stereocenters. The van der Waals surface area contributed by atoms with Gasteiger partial charge in [-0.05, 0) is 40.4 Å². The van der Waals surface area contributed by atoms with Crippen LogP contribution in [-0.4, -0.2) is 15.0 Å². The van der Waals surface area contributed by atoms with Gasteiger partial charge >= 0.3 is 0 Å². The van der Waals surface area contributed by atoms with Crippen molar-refractivity contribution < 1.29 is 0 Å². The Hall–Kier alpha value is -6.49. The molecule has 0 bridgehead atoms. The molecule has 51 heavy (non-hydrogen) atoms. The molecule has 0 aliphatic rings. The van der Waals surface area contributed by atoms with E-state index < -0.39 is 0 Å². The molecule has 4 aromatic heterocycles. The second kappa shape index (κ2) is 11.0. The molecule has 0 fully saturated rings. The van der Waals surface area contributed by atoms with Crippen LogP contribution in [-0.2, 0) is 0 Å². The number of thiophene rings is 1. The Morgan fingerprint density at radius 1 is 0.373 bits per heavy atom. The first-order valence-corrected chi connectivity index (χ1v) is 18.0. The summed E-state index contributed by atoms with van der Waals surface area (Å²) in [6, 6.07) is 58.2. The molecule has 7 aromatic carbocycles. The van der Waals surface area contributed by atoms with Crippen molar-refractivity contribution in [3.05, 3.63) is 164 Å². The van der Waals surface area contributed by atoms with Gasteiger partial charge in [0.25, 0.3) is 0 Å². The zero-order chi connectivity index (χ0) is 33.5. The van der Waals surface area contributed by atoms with Crippen LogP contribution in [0.3, 0.4) is 0 Å². The third-order valence-electron chi connectivity index (χ3n) is 10.3. The lowest BCUT2D eigenvalue weighted by molar-refractivity contribution is 1.37. The van der Waals surface area contributed by atoms with E-state index in [-0.39, 0.29) is 0 Å². The third kappa shape index (κ3) is 4.33. The van der Waals surface area contributed by atoms with Crippen molar-refractivity contribution in [2.75, 3.05) is 0 Å². The van der Waals surface area contributed by atoms with Crippen molar-refractivity contribution in [2.45, 2.75) is 0 Å². The van der Waals surface area contributed by atoms with E-state index in [4.69, 9.17) is 15.0 Å². The lowest BCUT2D eigenvalue weighted by Crippen LogP contribution is -1.94. The summed E-state index contributed by atoms with van der Waals surface area (Å²) in [6.07, 6.45) is 0. The van der Waals surface area contributed by atoms with Gasteiger partial charge in [-0.1, -0.05) is 140 Å². The molecule has 3 nitrogen and oxygen atoms in total. The van der Waals surface area contributed by atoms with E-state index in [1.807, 2.05) is 17.4 Å². The zero-order valence-electron chi connectivity index (χ0n) is 27.3. The number of fused-ring (bicyclic) bond motifs is 11. The van der Waals surface area contributed by atoms with Crippen molar-refractivity contribution in [3.8, 4) is 33.8 Å². The molecular formula is C47H27N3S. The molecule has 4 heteroatoms. The molecule has 0 saturated heterocycles. The van der Waals surface area contributed by atoms with Crippen molar-refractivity contribution >= 4 is 85.8 Å². The topological polar surface area (TPSA) is 38.7 Å². The first-order chi connectivity index (χ1) is 25.3. The molecule has 0 radical (unpaired) electrons. The fourth-order valence-corrected chi connectivity index (χ4v) is 9.10. The highest BCUT2D eigenvalue weighted by atomic mass is 32.1. The maximum atomic E-state index is 5.44. The third-order valence-corrected chi connectivity index (χ3v) is 11.5. The van der Waals surface area contributed by atoms with Crippen LogP contribution < -0.4 is 0 Å². The van der Waals surface area contributed by atoms with Gasteiger partial charge < -0.3 is 0 Å². The second-order valence-corrected chi connectivity index (χ2v) is 14.2. The summed E-state index contributed by atoms with van der Waals surface area (Å²) in [6.45, 7) is 0. The van der Waals surface area contributed by atoms with Crippen molar-refractivity contribution in [2.24, 2.45) is 0 Å². The lowest BCUT2D eigenvalue weighted by atomic mass is 9.92. The largest absolute Gasteiger partial charge is 0.247 e. The van der Waals surface area contributed by atoms with Crippen LogP contribution in [0.2, 0.25) is 0 Å². The molecule has 0 amide bonds. The van der Waals surface area contributed by atoms with E-state index in [1.165, 1.54) is 30.9 Å². The van der Waals surface area contributed by atoms with Crippen LogP contribution in [0.15, 0.2) is 164 Å². The number of pyridine rings is 3. The number of benzene rings is 7. The van der Waals surface area contributed by atoms with Crippen LogP contribution >= 0.6 is 11.3 Å². The SMILES string of the molecule is c1ccc(-c2ccc3ccc4ccc(-c5ccc(-c6nc7ccc8c9ccccc9sc8c7c7ccccc67)c6ccccc56)nc4c3n2)cc1. The molecule has 11 rings (SSSR count). The van der Waals surface area contributed by atoms with Crippen LogP contribution in [0.5, 0.6) is 0 Å². The predicted molar refractivity (Wildman–Crippen MR) is 217 cm³/mol. The summed E-state index contributed by atoms with van der Waals surface area (Å²) in [5, 5.41) is 10.7.